The van der Waals surface area contributed by atoms with Gasteiger partial charge in [0.2, 0.25) is 5.91 Å². The topological polar surface area (TPSA) is 68.2 Å². The number of amides is 1. The molecule has 3 atom stereocenters. The van der Waals surface area contributed by atoms with Gasteiger partial charge < -0.3 is 15.4 Å². The van der Waals surface area contributed by atoms with Crippen LogP contribution in [0.15, 0.2) is 42.7 Å². The maximum absolute atomic E-state index is 12.5. The lowest BCUT2D eigenvalue weighted by molar-refractivity contribution is -0.129. The van der Waals surface area contributed by atoms with E-state index in [0.717, 1.165) is 11.3 Å². The smallest absolute Gasteiger partial charge is 0.240 e. The fraction of sp³-hybridized carbons (Fsp3) is 0.412. The molecule has 1 unspecified atom stereocenters. The Bertz CT molecular complexity index is 656. The summed E-state index contributed by atoms with van der Waals surface area (Å²) in [5.74, 6) is -0.0417. The minimum Gasteiger partial charge on any atom is -0.375 e. The molecule has 1 aliphatic rings. The van der Waals surface area contributed by atoms with E-state index >= 15 is 0 Å². The van der Waals surface area contributed by atoms with Crippen molar-refractivity contribution >= 4 is 5.91 Å². The van der Waals surface area contributed by atoms with E-state index in [1.54, 1.807) is 6.20 Å². The molecule has 1 aromatic carbocycles. The Hall–Kier alpha value is -2.18. The summed E-state index contributed by atoms with van der Waals surface area (Å²) in [6, 6.07) is 9.38. The zero-order chi connectivity index (χ0) is 16.2. The number of hydrogen-bond donors (Lipinski definition) is 2. The third-order valence-electron chi connectivity index (χ3n) is 4.11. The lowest BCUT2D eigenvalue weighted by atomic mass is 10.0. The number of nitrogens with zero attached hydrogens (tertiary/aromatic N) is 2. The average Bonchev–Trinajstić information content (AvgIpc) is 3.09. The van der Waals surface area contributed by atoms with Crippen molar-refractivity contribution in [1.29, 1.82) is 0 Å². The molecular formula is C17H22N4O2. The van der Waals surface area contributed by atoms with Crippen molar-refractivity contribution < 1.29 is 9.53 Å². The summed E-state index contributed by atoms with van der Waals surface area (Å²) in [6.07, 6.45) is 3.51. The standard InChI is InChI=1S/C17H22N4O2/c1-12(20-17(22)16-13(2)23-11-9-18-16)14-6-3-4-7-15(14)21-10-5-8-19-21/h3-8,10,12-13,16,18H,9,11H2,1-2H3,(H,20,22)/t12?,13-,16+/m1/s1. The van der Waals surface area contributed by atoms with Crippen molar-refractivity contribution in [3.05, 3.63) is 48.3 Å². The van der Waals surface area contributed by atoms with Gasteiger partial charge >= 0.3 is 0 Å². The predicted octanol–water partition coefficient (Wildman–Crippen LogP) is 1.43. The second-order valence-electron chi connectivity index (χ2n) is 5.75. The monoisotopic (exact) mass is 314 g/mol. The van der Waals surface area contributed by atoms with Gasteiger partial charge in [0.1, 0.15) is 6.04 Å². The van der Waals surface area contributed by atoms with E-state index < -0.39 is 0 Å². The van der Waals surface area contributed by atoms with Gasteiger partial charge in [-0.1, -0.05) is 18.2 Å². The molecule has 1 aromatic heterocycles. The quantitative estimate of drug-likeness (QED) is 0.896. The Labute approximate surface area is 135 Å². The molecule has 6 nitrogen and oxygen atoms in total. The molecule has 2 heterocycles. The van der Waals surface area contributed by atoms with Crippen LogP contribution in [0.5, 0.6) is 0 Å². The van der Waals surface area contributed by atoms with Crippen LogP contribution < -0.4 is 10.6 Å². The molecule has 1 amide bonds. The van der Waals surface area contributed by atoms with Gasteiger partial charge in [0, 0.05) is 18.9 Å². The number of morpholine rings is 1. The highest BCUT2D eigenvalue weighted by atomic mass is 16.5. The largest absolute Gasteiger partial charge is 0.375 e. The number of benzene rings is 1. The predicted molar refractivity (Wildman–Crippen MR) is 87.3 cm³/mol. The van der Waals surface area contributed by atoms with Crippen molar-refractivity contribution in [2.75, 3.05) is 13.2 Å². The summed E-state index contributed by atoms with van der Waals surface area (Å²) in [7, 11) is 0. The van der Waals surface area contributed by atoms with Crippen LogP contribution in [0, 0.1) is 0 Å². The summed E-state index contributed by atoms with van der Waals surface area (Å²) >= 11 is 0. The van der Waals surface area contributed by atoms with E-state index in [-0.39, 0.29) is 24.1 Å². The first kappa shape index (κ1) is 15.7. The minimum atomic E-state index is -0.317. The maximum atomic E-state index is 12.5. The molecule has 1 aliphatic heterocycles. The second-order valence-corrected chi connectivity index (χ2v) is 5.75. The van der Waals surface area contributed by atoms with Gasteiger partial charge in [-0.05, 0) is 31.5 Å². The van der Waals surface area contributed by atoms with Crippen LogP contribution in [0.2, 0.25) is 0 Å². The molecule has 0 radical (unpaired) electrons. The molecular weight excluding hydrogens is 292 g/mol. The van der Waals surface area contributed by atoms with Gasteiger partial charge in [-0.15, -0.1) is 0 Å². The highest BCUT2D eigenvalue weighted by Crippen LogP contribution is 2.21. The molecule has 23 heavy (non-hydrogen) atoms. The number of hydrogen-bond acceptors (Lipinski definition) is 4. The fourth-order valence-corrected chi connectivity index (χ4v) is 2.88. The Balaban J connectivity index is 1.76. The van der Waals surface area contributed by atoms with Gasteiger partial charge in [-0.3, -0.25) is 4.79 Å². The summed E-state index contributed by atoms with van der Waals surface area (Å²) in [5, 5.41) is 10.6. The van der Waals surface area contributed by atoms with Gasteiger partial charge in [-0.2, -0.15) is 5.10 Å². The number of rotatable bonds is 4. The van der Waals surface area contributed by atoms with Gasteiger partial charge in [0.25, 0.3) is 0 Å². The number of carbonyl (C=O) groups is 1. The van der Waals surface area contributed by atoms with E-state index in [1.165, 1.54) is 0 Å². The lowest BCUT2D eigenvalue weighted by Crippen LogP contribution is -2.55. The van der Waals surface area contributed by atoms with E-state index in [1.807, 2.05) is 55.1 Å². The van der Waals surface area contributed by atoms with Crippen molar-refractivity contribution in [2.24, 2.45) is 0 Å². The van der Waals surface area contributed by atoms with Crippen molar-refractivity contribution in [1.82, 2.24) is 20.4 Å². The molecule has 1 saturated heterocycles. The molecule has 6 heteroatoms. The number of carbonyl (C=O) groups excluding carboxylic acids is 1. The van der Waals surface area contributed by atoms with E-state index in [4.69, 9.17) is 4.74 Å². The minimum absolute atomic E-state index is 0.0417. The molecule has 0 aliphatic carbocycles. The highest BCUT2D eigenvalue weighted by Gasteiger charge is 2.29. The second kappa shape index (κ2) is 6.93. The first-order valence-electron chi connectivity index (χ1n) is 7.91. The van der Waals surface area contributed by atoms with Crippen LogP contribution in [-0.2, 0) is 9.53 Å². The fourth-order valence-electron chi connectivity index (χ4n) is 2.88. The molecule has 3 rings (SSSR count). The van der Waals surface area contributed by atoms with Crippen LogP contribution in [0.1, 0.15) is 25.5 Å². The average molecular weight is 314 g/mol. The maximum Gasteiger partial charge on any atom is 0.240 e. The Kier molecular flexibility index (Phi) is 4.73. The summed E-state index contributed by atoms with van der Waals surface area (Å²) in [5.41, 5.74) is 1.99. The summed E-state index contributed by atoms with van der Waals surface area (Å²) < 4.78 is 7.35. The van der Waals surface area contributed by atoms with Gasteiger partial charge in [-0.25, -0.2) is 4.68 Å². The zero-order valence-electron chi connectivity index (χ0n) is 13.4. The summed E-state index contributed by atoms with van der Waals surface area (Å²) in [4.78, 5) is 12.5. The molecule has 0 spiro atoms. The zero-order valence-corrected chi connectivity index (χ0v) is 13.4. The van der Waals surface area contributed by atoms with Crippen LogP contribution in [-0.4, -0.2) is 41.0 Å². The van der Waals surface area contributed by atoms with E-state index in [2.05, 4.69) is 15.7 Å². The Morgan fingerprint density at radius 1 is 1.43 bits per heavy atom. The first-order valence-corrected chi connectivity index (χ1v) is 7.91. The molecule has 2 N–H and O–H groups in total. The third-order valence-corrected chi connectivity index (χ3v) is 4.11. The Morgan fingerprint density at radius 3 is 3.00 bits per heavy atom. The molecule has 122 valence electrons. The van der Waals surface area contributed by atoms with Gasteiger partial charge in [0.05, 0.1) is 24.4 Å². The molecule has 1 fully saturated rings. The molecule has 0 saturated carbocycles. The number of para-hydroxylation sites is 1. The van der Waals surface area contributed by atoms with Crippen molar-refractivity contribution in [3.63, 3.8) is 0 Å². The van der Waals surface area contributed by atoms with E-state index in [9.17, 15) is 4.79 Å². The molecule has 2 aromatic rings. The Morgan fingerprint density at radius 2 is 2.26 bits per heavy atom. The highest BCUT2D eigenvalue weighted by molar-refractivity contribution is 5.83. The number of aromatic nitrogens is 2. The van der Waals surface area contributed by atoms with Crippen LogP contribution >= 0.6 is 0 Å². The van der Waals surface area contributed by atoms with Crippen LogP contribution in [0.25, 0.3) is 5.69 Å². The van der Waals surface area contributed by atoms with Gasteiger partial charge in [0.15, 0.2) is 0 Å². The van der Waals surface area contributed by atoms with E-state index in [0.29, 0.717) is 13.2 Å². The third kappa shape index (κ3) is 3.43. The normalized spacial score (nSPS) is 22.5. The summed E-state index contributed by atoms with van der Waals surface area (Å²) in [6.45, 7) is 5.23. The lowest BCUT2D eigenvalue weighted by Gasteiger charge is -2.30. The number of ether oxygens (including phenoxy) is 1. The van der Waals surface area contributed by atoms with Crippen molar-refractivity contribution in [2.45, 2.75) is 32.0 Å². The SMILES string of the molecule is CC(NC(=O)[C@H]1NCCO[C@@H]1C)c1ccccc1-n1cccn1. The van der Waals surface area contributed by atoms with Crippen LogP contribution in [0.4, 0.5) is 0 Å². The number of nitrogens with one attached hydrogen (secondary N) is 2. The first-order chi connectivity index (χ1) is 11.2. The van der Waals surface area contributed by atoms with Crippen LogP contribution in [0.3, 0.4) is 0 Å². The van der Waals surface area contributed by atoms with Crippen molar-refractivity contribution in [3.8, 4) is 5.69 Å². The molecule has 0 bridgehead atoms.